The molecule has 1 aliphatic rings. The molecule has 0 amide bonds. The van der Waals surface area contributed by atoms with Gasteiger partial charge in [-0.1, -0.05) is 13.7 Å². The first-order chi connectivity index (χ1) is 7.12. The molecule has 0 bridgehead atoms. The third-order valence-electron chi connectivity index (χ3n) is 1.56. The number of β-amino-alcohol motifs (C(OH)–C–C–N with tert-alkyl or cyclic N) is 1. The number of hydrogen-bond acceptors (Lipinski definition) is 3. The van der Waals surface area contributed by atoms with Crippen molar-refractivity contribution in [2.75, 3.05) is 13.1 Å². The van der Waals surface area contributed by atoms with Crippen LogP contribution < -0.4 is 10.6 Å². The molecule has 3 N–H and O–H groups in total. The number of hydrogen-bond donors (Lipinski definition) is 3. The van der Waals surface area contributed by atoms with E-state index in [1.54, 1.807) is 0 Å². The van der Waals surface area contributed by atoms with E-state index in [-0.39, 0.29) is 0 Å². The zero-order valence-electron chi connectivity index (χ0n) is 11.6. The standard InChI is InChI=1S/C7H16N2O/c1-5(2)9-6-3-8-4-7(6)10/h5-10H,3-4H2,1-2H3/t6-,7+/m0/s1/i1D3,2D3. The summed E-state index contributed by atoms with van der Waals surface area (Å²) in [4.78, 5) is 0. The zero-order valence-corrected chi connectivity index (χ0v) is 5.59. The van der Waals surface area contributed by atoms with Crippen LogP contribution in [0.25, 0.3) is 0 Å². The summed E-state index contributed by atoms with van der Waals surface area (Å²) in [6.45, 7) is -4.53. The summed E-state index contributed by atoms with van der Waals surface area (Å²) in [7, 11) is 0. The number of nitrogens with one attached hydrogen (secondary N) is 2. The van der Waals surface area contributed by atoms with Crippen LogP contribution in [0.4, 0.5) is 0 Å². The minimum atomic E-state index is -2.62. The molecule has 0 aliphatic carbocycles. The summed E-state index contributed by atoms with van der Waals surface area (Å²) in [5, 5.41) is 14.8. The average Bonchev–Trinajstić information content (AvgIpc) is 2.42. The van der Waals surface area contributed by atoms with Crippen LogP contribution >= 0.6 is 0 Å². The predicted molar refractivity (Wildman–Crippen MR) is 40.9 cm³/mol. The van der Waals surface area contributed by atoms with E-state index in [0.717, 1.165) is 0 Å². The van der Waals surface area contributed by atoms with Crippen LogP contribution in [0.1, 0.15) is 21.9 Å². The van der Waals surface area contributed by atoms with Crippen molar-refractivity contribution >= 4 is 0 Å². The highest BCUT2D eigenvalue weighted by Crippen LogP contribution is 1.99. The van der Waals surface area contributed by atoms with Gasteiger partial charge in [-0.15, -0.1) is 0 Å². The molecule has 60 valence electrons. The van der Waals surface area contributed by atoms with Gasteiger partial charge in [0.05, 0.1) is 6.10 Å². The third kappa shape index (κ3) is 1.94. The Morgan fingerprint density at radius 1 is 1.70 bits per heavy atom. The van der Waals surface area contributed by atoms with Crippen molar-refractivity contribution in [1.82, 2.24) is 10.6 Å². The molecule has 10 heavy (non-hydrogen) atoms. The van der Waals surface area contributed by atoms with Gasteiger partial charge < -0.3 is 15.7 Å². The van der Waals surface area contributed by atoms with Crippen molar-refractivity contribution in [3.05, 3.63) is 0 Å². The Balaban J connectivity index is 2.72. The number of rotatable bonds is 2. The van der Waals surface area contributed by atoms with Crippen LogP contribution in [-0.4, -0.2) is 36.4 Å². The van der Waals surface area contributed by atoms with Gasteiger partial charge in [0.15, 0.2) is 0 Å². The fraction of sp³-hybridized carbons (Fsp3) is 1.00. The zero-order chi connectivity index (χ0) is 12.6. The lowest BCUT2D eigenvalue weighted by atomic mass is 10.2. The molecule has 0 aromatic heterocycles. The highest BCUT2D eigenvalue weighted by Gasteiger charge is 2.24. The maximum atomic E-state index is 9.48. The molecule has 0 aromatic rings. The van der Waals surface area contributed by atoms with E-state index in [4.69, 9.17) is 8.22 Å². The van der Waals surface area contributed by atoms with Crippen LogP contribution in [0.15, 0.2) is 0 Å². The summed E-state index contributed by atoms with van der Waals surface area (Å²) in [6, 6.07) is -2.15. The van der Waals surface area contributed by atoms with Crippen LogP contribution in [0, 0.1) is 0 Å². The van der Waals surface area contributed by atoms with Gasteiger partial charge in [-0.2, -0.15) is 0 Å². The molecular weight excluding hydrogens is 128 g/mol. The molecule has 1 rings (SSSR count). The minimum absolute atomic E-state index is 0.340. The highest BCUT2D eigenvalue weighted by atomic mass is 16.3. The summed E-state index contributed by atoms with van der Waals surface area (Å²) in [5.74, 6) is 0. The molecular formula is C7H16N2O. The second-order valence-electron chi connectivity index (χ2n) is 2.43. The smallest absolute Gasteiger partial charge is 0.0829 e. The van der Waals surface area contributed by atoms with Crippen molar-refractivity contribution in [2.45, 2.75) is 31.9 Å². The summed E-state index contributed by atoms with van der Waals surface area (Å²) in [6.07, 6.45) is -0.757. The third-order valence-corrected chi connectivity index (χ3v) is 1.56. The fourth-order valence-corrected chi connectivity index (χ4v) is 1.05. The lowest BCUT2D eigenvalue weighted by Crippen LogP contribution is -2.42. The second-order valence-corrected chi connectivity index (χ2v) is 2.43. The van der Waals surface area contributed by atoms with Crippen molar-refractivity contribution < 1.29 is 13.3 Å². The first-order valence-corrected chi connectivity index (χ1v) is 3.27. The Bertz CT molecular complexity index is 226. The quantitative estimate of drug-likeness (QED) is 0.488. The molecule has 0 spiro atoms. The molecule has 0 aromatic carbocycles. The molecule has 1 heterocycles. The van der Waals surface area contributed by atoms with E-state index in [1.807, 2.05) is 0 Å². The first-order valence-electron chi connectivity index (χ1n) is 6.27. The molecule has 2 atom stereocenters. The van der Waals surface area contributed by atoms with Gasteiger partial charge >= 0.3 is 0 Å². The Kier molecular flexibility index (Phi) is 1.03. The van der Waals surface area contributed by atoms with Gasteiger partial charge in [0.1, 0.15) is 0 Å². The molecule has 0 unspecified atom stereocenters. The molecule has 1 aliphatic heterocycles. The first kappa shape index (κ1) is 3.09. The SMILES string of the molecule is [2H]C([2H])([2H])C(N[C@H]1CNC[C@H]1O)C([2H])([2H])[2H]. The van der Waals surface area contributed by atoms with Crippen LogP contribution in [0.5, 0.6) is 0 Å². The van der Waals surface area contributed by atoms with Crippen molar-refractivity contribution in [1.29, 1.82) is 0 Å². The van der Waals surface area contributed by atoms with Gasteiger partial charge in [0.25, 0.3) is 0 Å². The van der Waals surface area contributed by atoms with Crippen molar-refractivity contribution in [3.63, 3.8) is 0 Å². The summed E-state index contributed by atoms with van der Waals surface area (Å²) < 4.78 is 43.1. The van der Waals surface area contributed by atoms with Gasteiger partial charge in [-0.05, 0) is 0 Å². The fourth-order valence-electron chi connectivity index (χ4n) is 1.05. The van der Waals surface area contributed by atoms with Crippen molar-refractivity contribution in [3.8, 4) is 0 Å². The van der Waals surface area contributed by atoms with Crippen molar-refractivity contribution in [2.24, 2.45) is 0 Å². The summed E-state index contributed by atoms with van der Waals surface area (Å²) >= 11 is 0. The van der Waals surface area contributed by atoms with E-state index in [0.29, 0.717) is 13.1 Å². The maximum Gasteiger partial charge on any atom is 0.0829 e. The molecule has 3 nitrogen and oxygen atoms in total. The van der Waals surface area contributed by atoms with Gasteiger partial charge in [-0.25, -0.2) is 0 Å². The van der Waals surface area contributed by atoms with E-state index in [9.17, 15) is 5.11 Å². The lowest BCUT2D eigenvalue weighted by molar-refractivity contribution is 0.159. The maximum absolute atomic E-state index is 9.48. The molecule has 1 saturated heterocycles. The van der Waals surface area contributed by atoms with Crippen LogP contribution in [0.2, 0.25) is 0 Å². The van der Waals surface area contributed by atoms with E-state index < -0.39 is 31.9 Å². The molecule has 3 heteroatoms. The Morgan fingerprint density at radius 2 is 2.50 bits per heavy atom. The molecule has 0 saturated carbocycles. The average molecular weight is 150 g/mol. The lowest BCUT2D eigenvalue weighted by Gasteiger charge is -2.17. The monoisotopic (exact) mass is 150 g/mol. The van der Waals surface area contributed by atoms with Gasteiger partial charge in [0, 0.05) is 33.4 Å². The Hall–Kier alpha value is -0.120. The molecule has 0 radical (unpaired) electrons. The van der Waals surface area contributed by atoms with E-state index in [2.05, 4.69) is 10.6 Å². The van der Waals surface area contributed by atoms with Gasteiger partial charge in [0.2, 0.25) is 0 Å². The van der Waals surface area contributed by atoms with E-state index >= 15 is 0 Å². The van der Waals surface area contributed by atoms with Crippen LogP contribution in [-0.2, 0) is 0 Å². The second kappa shape index (κ2) is 3.32. The summed E-state index contributed by atoms with van der Waals surface area (Å²) in [5.41, 5.74) is 0. The van der Waals surface area contributed by atoms with E-state index in [1.165, 1.54) is 0 Å². The normalized spacial score (nSPS) is 45.0. The molecule has 1 fully saturated rings. The Labute approximate surface area is 70.2 Å². The largest absolute Gasteiger partial charge is 0.390 e. The number of aliphatic hydroxyl groups excluding tert-OH is 1. The van der Waals surface area contributed by atoms with Crippen LogP contribution in [0.3, 0.4) is 0 Å². The predicted octanol–water partition coefficient (Wildman–Crippen LogP) is -0.683. The van der Waals surface area contributed by atoms with Gasteiger partial charge in [-0.3, -0.25) is 0 Å². The minimum Gasteiger partial charge on any atom is -0.390 e. The number of aliphatic hydroxyl groups is 1. The topological polar surface area (TPSA) is 44.3 Å². The Morgan fingerprint density at radius 3 is 3.00 bits per heavy atom. The highest BCUT2D eigenvalue weighted by molar-refractivity contribution is 4.86.